The SMILES string of the molecule is FC(F)(F)c1ccc(-c2cnn3cc(CN4CCC5(CC4)COC5)cnc23)cn1. The molecule has 0 unspecified atom stereocenters. The fraction of sp³-hybridized carbons (Fsp3) is 0.450. The van der Waals surface area contributed by atoms with E-state index in [0.717, 1.165) is 57.3 Å². The molecule has 9 heteroatoms. The first kappa shape index (κ1) is 18.5. The van der Waals surface area contributed by atoms with Gasteiger partial charge in [-0.05, 0) is 32.0 Å². The van der Waals surface area contributed by atoms with Gasteiger partial charge in [-0.1, -0.05) is 6.07 Å². The third-order valence-electron chi connectivity index (χ3n) is 5.91. The molecular formula is C20H20F3N5O. The minimum Gasteiger partial charge on any atom is -0.380 e. The topological polar surface area (TPSA) is 55.5 Å². The highest BCUT2D eigenvalue weighted by Gasteiger charge is 2.41. The van der Waals surface area contributed by atoms with Crippen LogP contribution >= 0.6 is 0 Å². The quantitative estimate of drug-likeness (QED) is 0.671. The molecule has 2 aliphatic heterocycles. The van der Waals surface area contributed by atoms with Crippen molar-refractivity contribution in [3.63, 3.8) is 0 Å². The maximum Gasteiger partial charge on any atom is 0.433 e. The lowest BCUT2D eigenvalue weighted by molar-refractivity contribution is -0.141. The lowest BCUT2D eigenvalue weighted by Gasteiger charge is -2.47. The van der Waals surface area contributed by atoms with Gasteiger partial charge in [0.05, 0.1) is 19.4 Å². The van der Waals surface area contributed by atoms with Crippen LogP contribution in [0, 0.1) is 5.41 Å². The minimum atomic E-state index is -4.45. The number of rotatable bonds is 3. The van der Waals surface area contributed by atoms with E-state index in [1.165, 1.54) is 12.3 Å². The Hall–Kier alpha value is -2.52. The van der Waals surface area contributed by atoms with Gasteiger partial charge in [0.25, 0.3) is 0 Å². The van der Waals surface area contributed by atoms with E-state index in [1.807, 2.05) is 12.4 Å². The molecule has 5 rings (SSSR count). The zero-order valence-corrected chi connectivity index (χ0v) is 15.7. The average molecular weight is 403 g/mol. The van der Waals surface area contributed by atoms with Crippen molar-refractivity contribution in [2.75, 3.05) is 26.3 Å². The summed E-state index contributed by atoms with van der Waals surface area (Å²) in [5, 5.41) is 4.33. The molecule has 5 heterocycles. The fourth-order valence-corrected chi connectivity index (χ4v) is 4.04. The highest BCUT2D eigenvalue weighted by molar-refractivity contribution is 5.76. The molecule has 2 aliphatic rings. The first-order valence-corrected chi connectivity index (χ1v) is 9.58. The Balaban J connectivity index is 1.32. The third kappa shape index (κ3) is 3.49. The van der Waals surface area contributed by atoms with Gasteiger partial charge < -0.3 is 4.74 Å². The fourth-order valence-electron chi connectivity index (χ4n) is 4.04. The summed E-state index contributed by atoms with van der Waals surface area (Å²) in [5.74, 6) is 0. The van der Waals surface area contributed by atoms with Gasteiger partial charge in [-0.25, -0.2) is 9.50 Å². The normalized spacial score (nSPS) is 19.6. The van der Waals surface area contributed by atoms with Crippen molar-refractivity contribution in [3.05, 3.63) is 48.2 Å². The number of pyridine rings is 1. The van der Waals surface area contributed by atoms with Crippen molar-refractivity contribution in [2.24, 2.45) is 5.41 Å². The van der Waals surface area contributed by atoms with Crippen molar-refractivity contribution in [2.45, 2.75) is 25.6 Å². The second kappa shape index (κ2) is 6.77. The standard InChI is InChI=1S/C20H20F3N5O/c21-20(22,23)17-2-1-15(8-24-17)16-9-26-28-11-14(7-25-18(16)28)10-27-5-3-19(4-6-27)12-29-13-19/h1-2,7-9,11H,3-6,10,12-13H2. The van der Waals surface area contributed by atoms with Crippen LogP contribution in [0.15, 0.2) is 36.9 Å². The maximum absolute atomic E-state index is 12.7. The lowest BCUT2D eigenvalue weighted by Crippen LogP contribution is -2.50. The molecule has 0 aromatic carbocycles. The number of piperidine rings is 1. The van der Waals surface area contributed by atoms with E-state index in [1.54, 1.807) is 10.7 Å². The smallest absolute Gasteiger partial charge is 0.380 e. The van der Waals surface area contributed by atoms with Crippen molar-refractivity contribution >= 4 is 5.65 Å². The van der Waals surface area contributed by atoms with Gasteiger partial charge in [-0.3, -0.25) is 9.88 Å². The van der Waals surface area contributed by atoms with Gasteiger partial charge in [0, 0.05) is 47.2 Å². The number of nitrogens with zero attached hydrogens (tertiary/aromatic N) is 5. The minimum absolute atomic E-state index is 0.408. The number of halogens is 3. The number of alkyl halides is 3. The monoisotopic (exact) mass is 403 g/mol. The highest BCUT2D eigenvalue weighted by Crippen LogP contribution is 2.38. The lowest BCUT2D eigenvalue weighted by atomic mass is 9.77. The number of ether oxygens (including phenoxy) is 1. The van der Waals surface area contributed by atoms with E-state index in [0.29, 0.717) is 22.2 Å². The summed E-state index contributed by atoms with van der Waals surface area (Å²) in [5.41, 5.74) is 2.36. The van der Waals surface area contributed by atoms with E-state index in [-0.39, 0.29) is 0 Å². The predicted octanol–water partition coefficient (Wildman–Crippen LogP) is 3.42. The number of hydrogen-bond donors (Lipinski definition) is 0. The molecule has 29 heavy (non-hydrogen) atoms. The van der Waals surface area contributed by atoms with Gasteiger partial charge in [0.1, 0.15) is 5.69 Å². The Labute approximate surface area is 165 Å². The Bertz CT molecular complexity index is 1020. The summed E-state index contributed by atoms with van der Waals surface area (Å²) in [6.45, 7) is 4.68. The second-order valence-corrected chi connectivity index (χ2v) is 7.99. The van der Waals surface area contributed by atoms with E-state index in [4.69, 9.17) is 4.74 Å². The third-order valence-corrected chi connectivity index (χ3v) is 5.91. The van der Waals surface area contributed by atoms with Crippen LogP contribution in [0.1, 0.15) is 24.1 Å². The van der Waals surface area contributed by atoms with E-state index in [9.17, 15) is 13.2 Å². The molecule has 2 saturated heterocycles. The summed E-state index contributed by atoms with van der Waals surface area (Å²) in [6, 6.07) is 2.37. The van der Waals surface area contributed by atoms with E-state index in [2.05, 4.69) is 20.0 Å². The molecular weight excluding hydrogens is 383 g/mol. The number of fused-ring (bicyclic) bond motifs is 1. The van der Waals surface area contributed by atoms with Crippen molar-refractivity contribution in [1.29, 1.82) is 0 Å². The molecule has 6 nitrogen and oxygen atoms in total. The predicted molar refractivity (Wildman–Crippen MR) is 99.0 cm³/mol. The first-order valence-electron chi connectivity index (χ1n) is 9.58. The van der Waals surface area contributed by atoms with Crippen LogP contribution in [0.25, 0.3) is 16.8 Å². The van der Waals surface area contributed by atoms with Gasteiger partial charge in [0.15, 0.2) is 5.65 Å². The van der Waals surface area contributed by atoms with Crippen LogP contribution in [0.2, 0.25) is 0 Å². The Morgan fingerprint density at radius 3 is 2.45 bits per heavy atom. The van der Waals surface area contributed by atoms with E-state index >= 15 is 0 Å². The van der Waals surface area contributed by atoms with Gasteiger partial charge in [0.2, 0.25) is 0 Å². The van der Waals surface area contributed by atoms with Gasteiger partial charge in [-0.15, -0.1) is 0 Å². The number of hydrogen-bond acceptors (Lipinski definition) is 5. The zero-order valence-electron chi connectivity index (χ0n) is 15.7. The van der Waals surface area contributed by atoms with Crippen LogP contribution < -0.4 is 0 Å². The molecule has 0 amide bonds. The molecule has 1 spiro atoms. The molecule has 0 aliphatic carbocycles. The molecule has 0 saturated carbocycles. The van der Waals surface area contributed by atoms with Crippen LogP contribution in [0.4, 0.5) is 13.2 Å². The molecule has 0 bridgehead atoms. The summed E-state index contributed by atoms with van der Waals surface area (Å²) >= 11 is 0. The largest absolute Gasteiger partial charge is 0.433 e. The van der Waals surface area contributed by atoms with Crippen LogP contribution in [-0.4, -0.2) is 50.8 Å². The van der Waals surface area contributed by atoms with Gasteiger partial charge >= 0.3 is 6.18 Å². The number of likely N-dealkylation sites (tertiary alicyclic amines) is 1. The Morgan fingerprint density at radius 2 is 1.83 bits per heavy atom. The molecule has 0 N–H and O–H groups in total. The van der Waals surface area contributed by atoms with E-state index < -0.39 is 11.9 Å². The molecule has 0 radical (unpaired) electrons. The molecule has 3 aromatic heterocycles. The zero-order chi connectivity index (χ0) is 20.1. The Kier molecular flexibility index (Phi) is 4.32. The second-order valence-electron chi connectivity index (χ2n) is 7.99. The number of aromatic nitrogens is 4. The van der Waals surface area contributed by atoms with Crippen molar-refractivity contribution in [1.82, 2.24) is 24.5 Å². The highest BCUT2D eigenvalue weighted by atomic mass is 19.4. The average Bonchev–Trinajstić information content (AvgIpc) is 3.10. The first-order chi connectivity index (χ1) is 13.9. The van der Waals surface area contributed by atoms with Crippen LogP contribution in [0.5, 0.6) is 0 Å². The summed E-state index contributed by atoms with van der Waals surface area (Å²) in [6.07, 6.45) is 4.44. The molecule has 2 fully saturated rings. The molecule has 3 aromatic rings. The van der Waals surface area contributed by atoms with Gasteiger partial charge in [-0.2, -0.15) is 18.3 Å². The molecule has 152 valence electrons. The maximum atomic E-state index is 12.7. The van der Waals surface area contributed by atoms with Crippen LogP contribution in [0.3, 0.4) is 0 Å². The summed E-state index contributed by atoms with van der Waals surface area (Å²) in [4.78, 5) is 10.5. The van der Waals surface area contributed by atoms with Crippen molar-refractivity contribution in [3.8, 4) is 11.1 Å². The molecule has 0 atom stereocenters. The Morgan fingerprint density at radius 1 is 1.03 bits per heavy atom. The summed E-state index contributed by atoms with van der Waals surface area (Å²) < 4.78 is 45.2. The summed E-state index contributed by atoms with van der Waals surface area (Å²) in [7, 11) is 0. The van der Waals surface area contributed by atoms with Crippen LogP contribution in [-0.2, 0) is 17.5 Å². The van der Waals surface area contributed by atoms with Crippen molar-refractivity contribution < 1.29 is 17.9 Å².